The van der Waals surface area contributed by atoms with Crippen LogP contribution in [0.25, 0.3) is 6.08 Å². The summed E-state index contributed by atoms with van der Waals surface area (Å²) in [6.07, 6.45) is 6.01. The van der Waals surface area contributed by atoms with Gasteiger partial charge in [0.2, 0.25) is 0 Å². The Hall–Kier alpha value is -2.15. The maximum Gasteiger partial charge on any atom is 0.135 e. The number of hydrogen-bond donors (Lipinski definition) is 0. The van der Waals surface area contributed by atoms with Crippen LogP contribution in [-0.4, -0.2) is 6.29 Å². The molecule has 0 aliphatic heterocycles. The molecule has 1 unspecified atom stereocenters. The number of aldehydes is 1. The molecule has 0 radical (unpaired) electrons. The van der Waals surface area contributed by atoms with E-state index in [0.717, 1.165) is 29.4 Å². The van der Waals surface area contributed by atoms with Gasteiger partial charge < -0.3 is 4.79 Å². The van der Waals surface area contributed by atoms with Gasteiger partial charge in [0, 0.05) is 0 Å². The molecule has 0 aromatic heterocycles. The summed E-state index contributed by atoms with van der Waals surface area (Å²) in [7, 11) is 0. The average molecular weight is 234 g/mol. The van der Waals surface area contributed by atoms with Crippen LogP contribution in [0.4, 0.5) is 0 Å². The summed E-state index contributed by atoms with van der Waals surface area (Å²) in [6, 6.07) is 18.1. The second kappa shape index (κ2) is 4.26. The topological polar surface area (TPSA) is 17.1 Å². The Labute approximate surface area is 107 Å². The summed E-state index contributed by atoms with van der Waals surface area (Å²) in [5.74, 6) is 0. The highest BCUT2D eigenvalue weighted by Crippen LogP contribution is 2.39. The fraction of sp³-hybridized carbons (Fsp3) is 0.118. The first kappa shape index (κ1) is 11.0. The molecule has 1 heteroatoms. The van der Waals surface area contributed by atoms with Gasteiger partial charge in [-0.3, -0.25) is 0 Å². The van der Waals surface area contributed by atoms with Crippen LogP contribution >= 0.6 is 0 Å². The first-order chi connectivity index (χ1) is 8.87. The van der Waals surface area contributed by atoms with Crippen LogP contribution in [0, 0.1) is 0 Å². The molecule has 1 aliphatic carbocycles. The van der Waals surface area contributed by atoms with Gasteiger partial charge in [0.15, 0.2) is 0 Å². The van der Waals surface area contributed by atoms with Crippen molar-refractivity contribution < 1.29 is 4.79 Å². The van der Waals surface area contributed by atoms with Crippen molar-refractivity contribution in [2.75, 3.05) is 0 Å². The molecule has 1 nitrogen and oxygen atoms in total. The maximum atomic E-state index is 11.8. The van der Waals surface area contributed by atoms with Crippen LogP contribution in [-0.2, 0) is 10.2 Å². The lowest BCUT2D eigenvalue weighted by Gasteiger charge is -2.32. The summed E-state index contributed by atoms with van der Waals surface area (Å²) in [4.78, 5) is 11.8. The van der Waals surface area contributed by atoms with E-state index in [1.807, 2.05) is 42.5 Å². The molecule has 0 saturated heterocycles. The summed E-state index contributed by atoms with van der Waals surface area (Å²) in [5, 5.41) is 0. The smallest absolute Gasteiger partial charge is 0.135 e. The molecule has 0 amide bonds. The highest BCUT2D eigenvalue weighted by atomic mass is 16.1. The Morgan fingerprint density at radius 3 is 2.44 bits per heavy atom. The highest BCUT2D eigenvalue weighted by Gasteiger charge is 2.35. The summed E-state index contributed by atoms with van der Waals surface area (Å²) in [5.41, 5.74) is 2.79. The number of benzene rings is 2. The van der Waals surface area contributed by atoms with Gasteiger partial charge in [-0.05, 0) is 23.1 Å². The molecule has 1 aliphatic rings. The Balaban J connectivity index is 2.25. The van der Waals surface area contributed by atoms with Gasteiger partial charge in [-0.1, -0.05) is 66.7 Å². The van der Waals surface area contributed by atoms with Crippen LogP contribution in [0.1, 0.15) is 23.1 Å². The quantitative estimate of drug-likeness (QED) is 0.726. The number of carbonyl (C=O) groups is 1. The monoisotopic (exact) mass is 234 g/mol. The van der Waals surface area contributed by atoms with E-state index in [4.69, 9.17) is 0 Å². The molecule has 0 bridgehead atoms. The number of carbonyl (C=O) groups excluding carboxylic acids is 1. The van der Waals surface area contributed by atoms with E-state index in [9.17, 15) is 4.79 Å². The molecular weight excluding hydrogens is 220 g/mol. The van der Waals surface area contributed by atoms with Gasteiger partial charge in [0.25, 0.3) is 0 Å². The zero-order chi connectivity index (χ0) is 12.4. The largest absolute Gasteiger partial charge is 0.302 e. The molecular formula is C17H14O. The van der Waals surface area contributed by atoms with E-state index in [1.54, 1.807) is 0 Å². The van der Waals surface area contributed by atoms with Crippen molar-refractivity contribution in [2.45, 2.75) is 11.8 Å². The van der Waals surface area contributed by atoms with E-state index in [0.29, 0.717) is 0 Å². The third-order valence-corrected chi connectivity index (χ3v) is 3.67. The molecule has 88 valence electrons. The van der Waals surface area contributed by atoms with E-state index >= 15 is 0 Å². The molecule has 0 heterocycles. The van der Waals surface area contributed by atoms with Gasteiger partial charge in [0.05, 0.1) is 5.41 Å². The molecule has 2 aromatic carbocycles. The second-order valence-electron chi connectivity index (χ2n) is 4.65. The molecule has 0 spiro atoms. The maximum absolute atomic E-state index is 11.8. The van der Waals surface area contributed by atoms with Gasteiger partial charge in [-0.25, -0.2) is 0 Å². The van der Waals surface area contributed by atoms with Crippen LogP contribution in [0.15, 0.2) is 60.7 Å². The van der Waals surface area contributed by atoms with E-state index in [2.05, 4.69) is 24.3 Å². The molecule has 0 saturated carbocycles. The first-order valence-corrected chi connectivity index (χ1v) is 6.15. The number of fused-ring (bicyclic) bond motifs is 1. The molecule has 1 atom stereocenters. The predicted octanol–water partition coefficient (Wildman–Crippen LogP) is 3.59. The van der Waals surface area contributed by atoms with E-state index < -0.39 is 5.41 Å². The van der Waals surface area contributed by atoms with Crippen molar-refractivity contribution in [3.8, 4) is 0 Å². The Morgan fingerprint density at radius 1 is 0.944 bits per heavy atom. The lowest BCUT2D eigenvalue weighted by atomic mass is 9.69. The fourth-order valence-electron chi connectivity index (χ4n) is 2.72. The third-order valence-electron chi connectivity index (χ3n) is 3.67. The van der Waals surface area contributed by atoms with Crippen molar-refractivity contribution in [3.63, 3.8) is 0 Å². The van der Waals surface area contributed by atoms with Crippen molar-refractivity contribution in [1.29, 1.82) is 0 Å². The fourth-order valence-corrected chi connectivity index (χ4v) is 2.72. The Kier molecular flexibility index (Phi) is 2.60. The van der Waals surface area contributed by atoms with Crippen LogP contribution < -0.4 is 0 Å². The lowest BCUT2D eigenvalue weighted by Crippen LogP contribution is -2.31. The zero-order valence-corrected chi connectivity index (χ0v) is 10.0. The number of rotatable bonds is 2. The third kappa shape index (κ3) is 1.52. The molecule has 18 heavy (non-hydrogen) atoms. The molecule has 2 aromatic rings. The summed E-state index contributed by atoms with van der Waals surface area (Å²) in [6.45, 7) is 0. The minimum absolute atomic E-state index is 0.521. The van der Waals surface area contributed by atoms with Crippen LogP contribution in [0.2, 0.25) is 0 Å². The first-order valence-electron chi connectivity index (χ1n) is 6.15. The average Bonchev–Trinajstić information content (AvgIpc) is 2.47. The second-order valence-corrected chi connectivity index (χ2v) is 4.65. The molecule has 3 rings (SSSR count). The van der Waals surface area contributed by atoms with Crippen LogP contribution in [0.3, 0.4) is 0 Å². The summed E-state index contributed by atoms with van der Waals surface area (Å²) < 4.78 is 0. The molecule has 0 N–H and O–H groups in total. The number of hydrogen-bond acceptors (Lipinski definition) is 1. The van der Waals surface area contributed by atoms with Gasteiger partial charge in [-0.2, -0.15) is 0 Å². The minimum atomic E-state index is -0.521. The van der Waals surface area contributed by atoms with Gasteiger partial charge in [0.1, 0.15) is 6.29 Å². The minimum Gasteiger partial charge on any atom is -0.302 e. The van der Waals surface area contributed by atoms with Crippen LogP contribution in [0.5, 0.6) is 0 Å². The van der Waals surface area contributed by atoms with E-state index in [1.165, 1.54) is 0 Å². The predicted molar refractivity (Wildman–Crippen MR) is 73.4 cm³/mol. The normalized spacial score (nSPS) is 21.3. The van der Waals surface area contributed by atoms with E-state index in [-0.39, 0.29) is 0 Å². The SMILES string of the molecule is O=CC1(c2ccccc2)CC=Cc2ccccc21. The summed E-state index contributed by atoms with van der Waals surface area (Å²) >= 11 is 0. The Bertz CT molecular complexity index is 598. The van der Waals surface area contributed by atoms with Gasteiger partial charge >= 0.3 is 0 Å². The zero-order valence-electron chi connectivity index (χ0n) is 10.0. The van der Waals surface area contributed by atoms with Gasteiger partial charge in [-0.15, -0.1) is 0 Å². The van der Waals surface area contributed by atoms with Crippen molar-refractivity contribution in [1.82, 2.24) is 0 Å². The molecule has 0 fully saturated rings. The van der Waals surface area contributed by atoms with Crippen molar-refractivity contribution >= 4 is 12.4 Å². The highest BCUT2D eigenvalue weighted by molar-refractivity contribution is 5.80. The lowest BCUT2D eigenvalue weighted by molar-refractivity contribution is -0.111. The van der Waals surface area contributed by atoms with Crippen molar-refractivity contribution in [2.24, 2.45) is 0 Å². The van der Waals surface area contributed by atoms with Crippen molar-refractivity contribution in [3.05, 3.63) is 77.4 Å². The standard InChI is InChI=1S/C17H14O/c18-13-17(15-9-2-1-3-10-15)12-6-8-14-7-4-5-11-16(14)17/h1-11,13H,12H2. The Morgan fingerprint density at radius 2 is 1.67 bits per heavy atom. The number of allylic oxidation sites excluding steroid dienone is 1.